The first-order valence-corrected chi connectivity index (χ1v) is 11.7. The van der Waals surface area contributed by atoms with Crippen LogP contribution in [0.5, 0.6) is 0 Å². The molecule has 0 saturated carbocycles. The first kappa shape index (κ1) is 21.3. The van der Waals surface area contributed by atoms with Crippen LogP contribution in [0.3, 0.4) is 0 Å². The van der Waals surface area contributed by atoms with E-state index in [9.17, 15) is 18.0 Å². The number of sulfonamides is 1. The van der Waals surface area contributed by atoms with Crippen LogP contribution in [0.1, 0.15) is 28.4 Å². The lowest BCUT2D eigenvalue weighted by Gasteiger charge is -2.34. The molecule has 0 atom stereocenters. The van der Waals surface area contributed by atoms with Crippen LogP contribution in [0.25, 0.3) is 11.1 Å². The molecule has 8 nitrogen and oxygen atoms in total. The number of benzene rings is 2. The molecule has 3 aromatic rings. The Balaban J connectivity index is 1.52. The molecule has 1 fully saturated rings. The molecular formula is C22H25N3O5S. The van der Waals surface area contributed by atoms with Gasteiger partial charge in [-0.25, -0.2) is 13.2 Å². The van der Waals surface area contributed by atoms with Crippen molar-refractivity contribution in [2.45, 2.75) is 32.2 Å². The predicted molar refractivity (Wildman–Crippen MR) is 117 cm³/mol. The van der Waals surface area contributed by atoms with Gasteiger partial charge in [0.1, 0.15) is 0 Å². The number of piperazine rings is 1. The number of fused-ring (bicyclic) bond motifs is 1. The highest BCUT2D eigenvalue weighted by molar-refractivity contribution is 7.89. The fourth-order valence-corrected chi connectivity index (χ4v) is 5.51. The Kier molecular flexibility index (Phi) is 5.49. The van der Waals surface area contributed by atoms with Crippen LogP contribution in [-0.4, -0.2) is 54.3 Å². The second-order valence-electron chi connectivity index (χ2n) is 7.81. The summed E-state index contributed by atoms with van der Waals surface area (Å²) in [5.41, 5.74) is 3.47. The van der Waals surface area contributed by atoms with Crippen molar-refractivity contribution >= 4 is 27.0 Å². The van der Waals surface area contributed by atoms with Crippen molar-refractivity contribution in [2.75, 3.05) is 26.2 Å². The van der Waals surface area contributed by atoms with Crippen molar-refractivity contribution in [1.82, 2.24) is 13.8 Å². The van der Waals surface area contributed by atoms with E-state index in [0.29, 0.717) is 30.7 Å². The van der Waals surface area contributed by atoms with Crippen molar-refractivity contribution in [3.63, 3.8) is 0 Å². The number of aromatic nitrogens is 1. The normalized spacial score (nSPS) is 15.5. The van der Waals surface area contributed by atoms with E-state index in [2.05, 4.69) is 0 Å². The van der Waals surface area contributed by atoms with Crippen LogP contribution in [0, 0.1) is 13.8 Å². The zero-order chi connectivity index (χ0) is 22.3. The third kappa shape index (κ3) is 3.90. The van der Waals surface area contributed by atoms with E-state index in [0.717, 1.165) is 11.1 Å². The fraction of sp³-hybridized carbons (Fsp3) is 0.364. The molecule has 0 N–H and O–H groups in total. The summed E-state index contributed by atoms with van der Waals surface area (Å²) >= 11 is 0. The summed E-state index contributed by atoms with van der Waals surface area (Å²) in [5, 5.41) is 0. The lowest BCUT2D eigenvalue weighted by molar-refractivity contribution is 0.0697. The maximum absolute atomic E-state index is 13.1. The molecule has 2 heterocycles. The van der Waals surface area contributed by atoms with Gasteiger partial charge in [0, 0.05) is 44.4 Å². The molecule has 1 aliphatic heterocycles. The molecule has 0 unspecified atom stereocenters. The maximum atomic E-state index is 13.1. The Hall–Kier alpha value is -2.91. The van der Waals surface area contributed by atoms with E-state index < -0.39 is 15.8 Å². The van der Waals surface area contributed by atoms with Gasteiger partial charge in [0.05, 0.1) is 10.4 Å². The molecule has 9 heteroatoms. The van der Waals surface area contributed by atoms with Gasteiger partial charge < -0.3 is 9.32 Å². The molecule has 4 rings (SSSR count). The van der Waals surface area contributed by atoms with Crippen LogP contribution < -0.4 is 5.76 Å². The summed E-state index contributed by atoms with van der Waals surface area (Å²) < 4.78 is 34.3. The first-order chi connectivity index (χ1) is 14.7. The molecule has 31 heavy (non-hydrogen) atoms. The van der Waals surface area contributed by atoms with Gasteiger partial charge in [0.15, 0.2) is 5.58 Å². The van der Waals surface area contributed by atoms with Gasteiger partial charge in [0.25, 0.3) is 5.91 Å². The molecule has 164 valence electrons. The van der Waals surface area contributed by atoms with E-state index >= 15 is 0 Å². The van der Waals surface area contributed by atoms with Crippen molar-refractivity contribution in [3.05, 3.63) is 63.6 Å². The number of hydrogen-bond donors (Lipinski definition) is 0. The highest BCUT2D eigenvalue weighted by atomic mass is 32.2. The minimum Gasteiger partial charge on any atom is -0.408 e. The Bertz CT molecular complexity index is 1290. The molecule has 0 radical (unpaired) electrons. The van der Waals surface area contributed by atoms with Gasteiger partial charge in [0.2, 0.25) is 10.0 Å². The Morgan fingerprint density at radius 2 is 1.65 bits per heavy atom. The molecular weight excluding hydrogens is 418 g/mol. The summed E-state index contributed by atoms with van der Waals surface area (Å²) in [7, 11) is -3.77. The molecule has 1 saturated heterocycles. The lowest BCUT2D eigenvalue weighted by atomic mass is 10.1. The number of nitrogens with zero attached hydrogens (tertiary/aromatic N) is 3. The minimum atomic E-state index is -3.77. The number of oxazole rings is 1. The van der Waals surface area contributed by atoms with Crippen LogP contribution >= 0.6 is 0 Å². The van der Waals surface area contributed by atoms with Gasteiger partial charge in [-0.1, -0.05) is 17.2 Å². The van der Waals surface area contributed by atoms with Gasteiger partial charge in [-0.05, 0) is 45.0 Å². The first-order valence-electron chi connectivity index (χ1n) is 10.2. The van der Waals surface area contributed by atoms with Gasteiger partial charge >= 0.3 is 5.76 Å². The minimum absolute atomic E-state index is 0.0751. The van der Waals surface area contributed by atoms with Crippen molar-refractivity contribution in [3.8, 4) is 0 Å². The average Bonchev–Trinajstić information content (AvgIpc) is 3.06. The van der Waals surface area contributed by atoms with Crippen molar-refractivity contribution in [2.24, 2.45) is 0 Å². The summed E-state index contributed by atoms with van der Waals surface area (Å²) in [6, 6.07) is 10.2. The SMILES string of the molecule is CCn1c(=O)oc2cc(S(=O)(=O)N3CCN(C(=O)c4cc(C)cc(C)c4)CC3)ccc21. The van der Waals surface area contributed by atoms with E-state index in [1.54, 1.807) is 11.0 Å². The smallest absolute Gasteiger partial charge is 0.408 e. The van der Waals surface area contributed by atoms with Crippen LogP contribution in [0.2, 0.25) is 0 Å². The maximum Gasteiger partial charge on any atom is 0.419 e. The molecule has 0 aliphatic carbocycles. The van der Waals surface area contributed by atoms with Gasteiger partial charge in [-0.3, -0.25) is 9.36 Å². The van der Waals surface area contributed by atoms with Gasteiger partial charge in [-0.15, -0.1) is 0 Å². The highest BCUT2D eigenvalue weighted by Gasteiger charge is 2.31. The molecule has 0 bridgehead atoms. The lowest BCUT2D eigenvalue weighted by Crippen LogP contribution is -2.50. The summed E-state index contributed by atoms with van der Waals surface area (Å²) in [4.78, 5) is 26.5. The summed E-state index contributed by atoms with van der Waals surface area (Å²) in [6.45, 7) is 7.19. The molecule has 0 spiro atoms. The third-order valence-electron chi connectivity index (χ3n) is 5.59. The molecule has 1 aromatic heterocycles. The van der Waals surface area contributed by atoms with Crippen LogP contribution in [0.4, 0.5) is 0 Å². The number of hydrogen-bond acceptors (Lipinski definition) is 5. The Labute approximate surface area is 180 Å². The largest absolute Gasteiger partial charge is 0.419 e. The zero-order valence-electron chi connectivity index (χ0n) is 17.8. The molecule has 1 amide bonds. The summed E-state index contributed by atoms with van der Waals surface area (Å²) in [5.74, 6) is -0.599. The summed E-state index contributed by atoms with van der Waals surface area (Å²) in [6.07, 6.45) is 0. The Morgan fingerprint density at radius 3 is 2.26 bits per heavy atom. The van der Waals surface area contributed by atoms with E-state index in [4.69, 9.17) is 4.42 Å². The number of rotatable bonds is 4. The third-order valence-corrected chi connectivity index (χ3v) is 7.48. The van der Waals surface area contributed by atoms with Gasteiger partial charge in [-0.2, -0.15) is 4.31 Å². The van der Waals surface area contributed by atoms with Crippen molar-refractivity contribution in [1.29, 1.82) is 0 Å². The standard InChI is InChI=1S/C22H25N3O5S/c1-4-25-19-6-5-18(14-20(19)30-22(25)27)31(28,29)24-9-7-23(8-10-24)21(26)17-12-15(2)11-16(3)13-17/h5-6,11-14H,4,7-10H2,1-3H3. The van der Waals surface area contributed by atoms with E-state index in [-0.39, 0.29) is 29.5 Å². The quantitative estimate of drug-likeness (QED) is 0.617. The second-order valence-corrected chi connectivity index (χ2v) is 9.75. The fourth-order valence-electron chi connectivity index (χ4n) is 4.07. The van der Waals surface area contributed by atoms with Crippen molar-refractivity contribution < 1.29 is 17.6 Å². The molecule has 1 aliphatic rings. The zero-order valence-corrected chi connectivity index (χ0v) is 18.6. The number of carbonyl (C=O) groups is 1. The number of aryl methyl sites for hydroxylation is 3. The van der Waals surface area contributed by atoms with E-state index in [1.807, 2.05) is 39.0 Å². The average molecular weight is 444 g/mol. The van der Waals surface area contributed by atoms with Crippen LogP contribution in [-0.2, 0) is 16.6 Å². The van der Waals surface area contributed by atoms with E-state index in [1.165, 1.54) is 21.0 Å². The Morgan fingerprint density at radius 1 is 1.00 bits per heavy atom. The second kappa shape index (κ2) is 7.97. The van der Waals surface area contributed by atoms with Crippen LogP contribution in [0.15, 0.2) is 50.5 Å². The number of amides is 1. The topological polar surface area (TPSA) is 92.8 Å². The predicted octanol–water partition coefficient (Wildman–Crippen LogP) is 2.38. The highest BCUT2D eigenvalue weighted by Crippen LogP contribution is 2.23. The monoisotopic (exact) mass is 443 g/mol. The number of carbonyl (C=O) groups excluding carboxylic acids is 1. The molecule has 2 aromatic carbocycles.